The first-order valence-corrected chi connectivity index (χ1v) is 8.01. The Hall–Kier alpha value is 0.540. The summed E-state index contributed by atoms with van der Waals surface area (Å²) < 4.78 is 11.4. The third kappa shape index (κ3) is 3.30. The molecular weight excluding hydrogens is 260 g/mol. The molecular formula is C11H20O4S2. The predicted octanol–water partition coefficient (Wildman–Crippen LogP) is 1.06. The van der Waals surface area contributed by atoms with E-state index in [-0.39, 0.29) is 11.2 Å². The Labute approximate surface area is 110 Å². The molecule has 2 N–H and O–H groups in total. The number of hydrogen-bond acceptors (Lipinski definition) is 6. The zero-order valence-corrected chi connectivity index (χ0v) is 11.8. The van der Waals surface area contributed by atoms with Gasteiger partial charge in [0.05, 0.1) is 11.2 Å². The average molecular weight is 280 g/mol. The van der Waals surface area contributed by atoms with Crippen LogP contribution in [0.4, 0.5) is 0 Å². The zero-order valence-electron chi connectivity index (χ0n) is 10.2. The quantitative estimate of drug-likeness (QED) is 0.806. The molecule has 0 spiro atoms. The minimum absolute atomic E-state index is 0.118. The molecule has 0 aliphatic carbocycles. The number of rotatable bonds is 3. The summed E-state index contributed by atoms with van der Waals surface area (Å²) in [4.78, 5) is 0. The van der Waals surface area contributed by atoms with Crippen molar-refractivity contribution in [2.45, 2.75) is 48.9 Å². The Kier molecular flexibility index (Phi) is 4.66. The Morgan fingerprint density at radius 3 is 2.53 bits per heavy atom. The first-order valence-electron chi connectivity index (χ1n) is 5.91. The lowest BCUT2D eigenvalue weighted by Crippen LogP contribution is -2.43. The number of ether oxygens (including phenoxy) is 2. The van der Waals surface area contributed by atoms with Gasteiger partial charge in [-0.25, -0.2) is 0 Å². The van der Waals surface area contributed by atoms with E-state index in [4.69, 9.17) is 9.47 Å². The first-order chi connectivity index (χ1) is 8.03. The maximum absolute atomic E-state index is 10.3. The summed E-state index contributed by atoms with van der Waals surface area (Å²) in [5.41, 5.74) is 0. The summed E-state index contributed by atoms with van der Waals surface area (Å²) in [6, 6.07) is 0. The van der Waals surface area contributed by atoms with E-state index >= 15 is 0 Å². The molecule has 2 fully saturated rings. The van der Waals surface area contributed by atoms with E-state index in [1.165, 1.54) is 6.42 Å². The van der Waals surface area contributed by atoms with Crippen LogP contribution in [0.2, 0.25) is 0 Å². The summed E-state index contributed by atoms with van der Waals surface area (Å²) in [6.07, 6.45) is -0.263. The molecule has 0 aromatic carbocycles. The van der Waals surface area contributed by atoms with Gasteiger partial charge in [-0.2, -0.15) is 0 Å². The third-order valence-corrected chi connectivity index (χ3v) is 5.95. The number of aliphatic hydroxyl groups excluding tert-OH is 2. The van der Waals surface area contributed by atoms with Crippen molar-refractivity contribution >= 4 is 23.5 Å². The monoisotopic (exact) mass is 280 g/mol. The highest BCUT2D eigenvalue weighted by molar-refractivity contribution is 8.17. The van der Waals surface area contributed by atoms with E-state index in [9.17, 15) is 10.2 Å². The number of hydrogen-bond donors (Lipinski definition) is 2. The van der Waals surface area contributed by atoms with E-state index in [1.54, 1.807) is 23.5 Å². The molecule has 2 rings (SSSR count). The first kappa shape index (κ1) is 14.0. The van der Waals surface area contributed by atoms with Crippen molar-refractivity contribution in [2.24, 2.45) is 0 Å². The molecule has 0 radical (unpaired) electrons. The highest BCUT2D eigenvalue weighted by atomic mass is 32.2. The fourth-order valence-corrected chi connectivity index (χ4v) is 5.09. The predicted molar refractivity (Wildman–Crippen MR) is 70.2 cm³/mol. The van der Waals surface area contributed by atoms with Crippen molar-refractivity contribution in [2.75, 3.05) is 18.1 Å². The maximum Gasteiger partial charge on any atom is 0.164 e. The molecule has 0 saturated carbocycles. The van der Waals surface area contributed by atoms with Crippen LogP contribution in [0.15, 0.2) is 0 Å². The molecule has 0 aromatic heterocycles. The smallest absolute Gasteiger partial charge is 0.164 e. The zero-order chi connectivity index (χ0) is 12.5. The summed E-state index contributed by atoms with van der Waals surface area (Å²) in [7, 11) is 0. The fraction of sp³-hybridized carbons (Fsp3) is 1.00. The summed E-state index contributed by atoms with van der Waals surface area (Å²) in [6.45, 7) is 3.50. The normalized spacial score (nSPS) is 36.0. The maximum atomic E-state index is 10.3. The second-order valence-electron chi connectivity index (χ2n) is 4.78. The summed E-state index contributed by atoms with van der Waals surface area (Å²) in [5, 5.41) is 19.6. The Bertz CT molecular complexity index is 256. The van der Waals surface area contributed by atoms with Crippen molar-refractivity contribution < 1.29 is 19.7 Å². The van der Waals surface area contributed by atoms with Crippen molar-refractivity contribution in [3.05, 3.63) is 0 Å². The van der Waals surface area contributed by atoms with Gasteiger partial charge in [0.15, 0.2) is 5.79 Å². The van der Waals surface area contributed by atoms with Crippen LogP contribution in [-0.4, -0.2) is 57.0 Å². The average Bonchev–Trinajstić information content (AvgIpc) is 2.65. The Morgan fingerprint density at radius 1 is 1.29 bits per heavy atom. The van der Waals surface area contributed by atoms with Gasteiger partial charge in [0.2, 0.25) is 0 Å². The van der Waals surface area contributed by atoms with Crippen LogP contribution in [0.5, 0.6) is 0 Å². The second kappa shape index (κ2) is 5.67. The Balaban J connectivity index is 1.99. The van der Waals surface area contributed by atoms with Crippen LogP contribution in [0.3, 0.4) is 0 Å². The van der Waals surface area contributed by atoms with E-state index in [2.05, 4.69) is 0 Å². The van der Waals surface area contributed by atoms with E-state index in [0.717, 1.165) is 11.5 Å². The highest BCUT2D eigenvalue weighted by Crippen LogP contribution is 2.38. The van der Waals surface area contributed by atoms with Gasteiger partial charge in [0, 0.05) is 0 Å². The number of aliphatic hydroxyl groups is 2. The molecule has 0 unspecified atom stereocenters. The largest absolute Gasteiger partial charge is 0.394 e. The topological polar surface area (TPSA) is 58.9 Å². The molecule has 2 heterocycles. The molecule has 2 saturated heterocycles. The lowest BCUT2D eigenvalue weighted by Gasteiger charge is -2.30. The molecule has 0 aromatic rings. The lowest BCUT2D eigenvalue weighted by atomic mass is 10.1. The summed E-state index contributed by atoms with van der Waals surface area (Å²) in [5.74, 6) is 1.44. The highest BCUT2D eigenvalue weighted by Gasteiger charge is 2.46. The van der Waals surface area contributed by atoms with Crippen LogP contribution in [0.25, 0.3) is 0 Å². The van der Waals surface area contributed by atoms with Gasteiger partial charge in [0.25, 0.3) is 0 Å². The van der Waals surface area contributed by atoms with Gasteiger partial charge in [-0.05, 0) is 31.8 Å². The molecule has 17 heavy (non-hydrogen) atoms. The fourth-order valence-electron chi connectivity index (χ4n) is 2.15. The van der Waals surface area contributed by atoms with Crippen LogP contribution in [-0.2, 0) is 9.47 Å². The third-order valence-electron chi connectivity index (χ3n) is 2.87. The van der Waals surface area contributed by atoms with E-state index in [0.29, 0.717) is 0 Å². The van der Waals surface area contributed by atoms with Gasteiger partial charge in [-0.15, -0.1) is 23.5 Å². The van der Waals surface area contributed by atoms with Gasteiger partial charge in [-0.3, -0.25) is 0 Å². The summed E-state index contributed by atoms with van der Waals surface area (Å²) >= 11 is 3.53. The van der Waals surface area contributed by atoms with E-state index in [1.807, 2.05) is 13.8 Å². The molecule has 100 valence electrons. The molecule has 6 heteroatoms. The standard InChI is InChI=1S/C11H20O4S2/c1-11(2)14-7(6-12)9(15-11)8(13)10-16-4-3-5-17-10/h7-10,12-13H,3-6H2,1-2H3/t7-,8-,9+/m1/s1. The van der Waals surface area contributed by atoms with Gasteiger partial charge < -0.3 is 19.7 Å². The van der Waals surface area contributed by atoms with Crippen LogP contribution in [0, 0.1) is 0 Å². The second-order valence-corrected chi connectivity index (χ2v) is 7.57. The Morgan fingerprint density at radius 2 is 1.94 bits per heavy atom. The molecule has 0 bridgehead atoms. The molecule has 4 nitrogen and oxygen atoms in total. The van der Waals surface area contributed by atoms with Gasteiger partial charge >= 0.3 is 0 Å². The molecule has 0 amide bonds. The van der Waals surface area contributed by atoms with Gasteiger partial charge in [0.1, 0.15) is 18.3 Å². The lowest BCUT2D eigenvalue weighted by molar-refractivity contribution is -0.156. The molecule has 2 aliphatic rings. The van der Waals surface area contributed by atoms with Crippen molar-refractivity contribution in [1.82, 2.24) is 0 Å². The van der Waals surface area contributed by atoms with Crippen LogP contribution < -0.4 is 0 Å². The SMILES string of the molecule is CC1(C)O[C@H]([C@@H](O)C2SCCCS2)[C@@H](CO)O1. The molecule has 3 atom stereocenters. The van der Waals surface area contributed by atoms with E-state index < -0.39 is 24.1 Å². The van der Waals surface area contributed by atoms with Crippen molar-refractivity contribution in [1.29, 1.82) is 0 Å². The van der Waals surface area contributed by atoms with Crippen LogP contribution in [0.1, 0.15) is 20.3 Å². The van der Waals surface area contributed by atoms with Crippen molar-refractivity contribution in [3.8, 4) is 0 Å². The van der Waals surface area contributed by atoms with Crippen LogP contribution >= 0.6 is 23.5 Å². The minimum atomic E-state index is -0.719. The van der Waals surface area contributed by atoms with Gasteiger partial charge in [-0.1, -0.05) is 0 Å². The van der Waals surface area contributed by atoms with Crippen molar-refractivity contribution in [3.63, 3.8) is 0 Å². The molecule has 2 aliphatic heterocycles. The number of thioether (sulfide) groups is 2. The minimum Gasteiger partial charge on any atom is -0.394 e.